The Hall–Kier alpha value is -2.97. The summed E-state index contributed by atoms with van der Waals surface area (Å²) in [5.74, 6) is -3.65. The number of amides is 4. The van der Waals surface area contributed by atoms with Crippen LogP contribution in [0.1, 0.15) is 24.8 Å². The van der Waals surface area contributed by atoms with Crippen LogP contribution < -0.4 is 27.4 Å². The number of carbonyl (C=O) groups excluding carboxylic acids is 4. The zero-order valence-corrected chi connectivity index (χ0v) is 21.5. The zero-order valence-electron chi connectivity index (χ0n) is 19.8. The van der Waals surface area contributed by atoms with Crippen molar-refractivity contribution < 1.29 is 34.2 Å². The molecule has 4 unspecified atom stereocenters. The molecule has 36 heavy (non-hydrogen) atoms. The number of carboxylic acid groups (broad SMARTS) is 1. The Morgan fingerprint density at radius 1 is 0.944 bits per heavy atom. The first kappa shape index (κ1) is 31.1. The van der Waals surface area contributed by atoms with Crippen LogP contribution in [-0.2, 0) is 30.4 Å². The number of rotatable bonds is 16. The van der Waals surface area contributed by atoms with Crippen molar-refractivity contribution in [2.24, 2.45) is 11.5 Å². The number of phenolic OH excluding ortho intramolecular Hbond substituents is 1. The van der Waals surface area contributed by atoms with Gasteiger partial charge < -0.3 is 37.6 Å². The Balaban J connectivity index is 3.15. The lowest BCUT2D eigenvalue weighted by Gasteiger charge is -2.25. The number of nitrogens with one attached hydrogen (secondary N) is 3. The molecule has 0 aliphatic heterocycles. The van der Waals surface area contributed by atoms with Gasteiger partial charge in [0.05, 0.1) is 6.04 Å². The number of carboxylic acids is 1. The Kier molecular flexibility index (Phi) is 13.7. The molecule has 0 saturated carbocycles. The second-order valence-electron chi connectivity index (χ2n) is 7.97. The van der Waals surface area contributed by atoms with Crippen molar-refractivity contribution in [2.45, 2.75) is 49.9 Å². The van der Waals surface area contributed by atoms with Crippen LogP contribution in [0.5, 0.6) is 5.75 Å². The number of thiol groups is 1. The van der Waals surface area contributed by atoms with E-state index in [0.717, 1.165) is 0 Å². The second kappa shape index (κ2) is 15.9. The maximum absolute atomic E-state index is 13.1. The minimum absolute atomic E-state index is 0.00144. The third kappa shape index (κ3) is 11.2. The van der Waals surface area contributed by atoms with Crippen LogP contribution in [0.15, 0.2) is 24.3 Å². The molecule has 12 nitrogen and oxygen atoms in total. The number of carbonyl (C=O) groups is 5. The van der Waals surface area contributed by atoms with Gasteiger partial charge in [-0.05, 0) is 42.5 Å². The van der Waals surface area contributed by atoms with Gasteiger partial charge in [0.2, 0.25) is 23.6 Å². The van der Waals surface area contributed by atoms with Gasteiger partial charge in [-0.1, -0.05) is 12.1 Å². The smallest absolute Gasteiger partial charge is 0.326 e. The van der Waals surface area contributed by atoms with Crippen molar-refractivity contribution in [1.82, 2.24) is 16.0 Å². The van der Waals surface area contributed by atoms with Crippen LogP contribution in [0.4, 0.5) is 0 Å². The third-order valence-electron chi connectivity index (χ3n) is 5.08. The first-order valence-corrected chi connectivity index (χ1v) is 13.1. The van der Waals surface area contributed by atoms with Crippen LogP contribution in [0.3, 0.4) is 0 Å². The van der Waals surface area contributed by atoms with E-state index in [4.69, 9.17) is 11.5 Å². The first-order valence-electron chi connectivity index (χ1n) is 11.0. The molecule has 0 saturated heterocycles. The van der Waals surface area contributed by atoms with E-state index in [9.17, 15) is 34.2 Å². The molecule has 0 heterocycles. The molecule has 1 aromatic carbocycles. The van der Waals surface area contributed by atoms with Gasteiger partial charge in [0, 0.05) is 18.6 Å². The van der Waals surface area contributed by atoms with Gasteiger partial charge in [-0.2, -0.15) is 24.4 Å². The predicted octanol–water partition coefficient (Wildman–Crippen LogP) is -1.25. The summed E-state index contributed by atoms with van der Waals surface area (Å²) in [6.45, 7) is 0. The van der Waals surface area contributed by atoms with Crippen LogP contribution in [0, 0.1) is 0 Å². The number of thioether (sulfide) groups is 1. The molecular formula is C22H33N5O7S2. The topological polar surface area (TPSA) is 214 Å². The molecule has 0 fully saturated rings. The lowest BCUT2D eigenvalue weighted by atomic mass is 10.0. The van der Waals surface area contributed by atoms with Gasteiger partial charge in [-0.25, -0.2) is 4.79 Å². The van der Waals surface area contributed by atoms with Crippen molar-refractivity contribution in [1.29, 1.82) is 0 Å². The minimum Gasteiger partial charge on any atom is -0.508 e. The quantitative estimate of drug-likeness (QED) is 0.117. The fraction of sp³-hybridized carbons (Fsp3) is 0.500. The molecule has 9 N–H and O–H groups in total. The number of aliphatic carboxylic acids is 1. The fourth-order valence-electron chi connectivity index (χ4n) is 3.03. The average Bonchev–Trinajstić information content (AvgIpc) is 2.83. The number of hydrogen-bond acceptors (Lipinski definition) is 9. The number of phenols is 1. The van der Waals surface area contributed by atoms with Crippen molar-refractivity contribution in [3.05, 3.63) is 29.8 Å². The summed E-state index contributed by atoms with van der Waals surface area (Å²) in [5.41, 5.74) is 11.4. The molecule has 0 bridgehead atoms. The van der Waals surface area contributed by atoms with Gasteiger partial charge in [0.1, 0.15) is 23.9 Å². The normalized spacial score (nSPS) is 14.1. The number of aromatic hydroxyl groups is 1. The molecule has 0 aliphatic carbocycles. The molecule has 1 rings (SSSR count). The summed E-state index contributed by atoms with van der Waals surface area (Å²) in [4.78, 5) is 61.3. The molecule has 200 valence electrons. The van der Waals surface area contributed by atoms with E-state index in [2.05, 4.69) is 28.6 Å². The summed E-state index contributed by atoms with van der Waals surface area (Å²) >= 11 is 5.37. The van der Waals surface area contributed by atoms with Crippen molar-refractivity contribution in [2.75, 3.05) is 17.8 Å². The van der Waals surface area contributed by atoms with Crippen LogP contribution >= 0.6 is 24.4 Å². The Bertz CT molecular complexity index is 917. The van der Waals surface area contributed by atoms with Gasteiger partial charge in [-0.15, -0.1) is 0 Å². The molecule has 0 aliphatic rings. The van der Waals surface area contributed by atoms with E-state index in [1.807, 2.05) is 0 Å². The maximum Gasteiger partial charge on any atom is 0.326 e. The molecular weight excluding hydrogens is 510 g/mol. The minimum atomic E-state index is -1.24. The summed E-state index contributed by atoms with van der Waals surface area (Å²) in [6.07, 6.45) is 1.55. The first-order chi connectivity index (χ1) is 17.0. The van der Waals surface area contributed by atoms with Crippen molar-refractivity contribution >= 4 is 54.0 Å². The van der Waals surface area contributed by atoms with Gasteiger partial charge >= 0.3 is 5.97 Å². The summed E-state index contributed by atoms with van der Waals surface area (Å²) in [7, 11) is 0. The molecule has 4 atom stereocenters. The van der Waals surface area contributed by atoms with Crippen LogP contribution in [-0.4, -0.2) is 81.7 Å². The van der Waals surface area contributed by atoms with Gasteiger partial charge in [-0.3, -0.25) is 19.2 Å². The van der Waals surface area contributed by atoms with E-state index in [0.29, 0.717) is 11.3 Å². The molecule has 0 spiro atoms. The lowest BCUT2D eigenvalue weighted by Crippen LogP contribution is -2.58. The van der Waals surface area contributed by atoms with E-state index in [1.54, 1.807) is 18.4 Å². The Labute approximate surface area is 218 Å². The number of primary amides is 1. The summed E-state index contributed by atoms with van der Waals surface area (Å²) < 4.78 is 0. The Morgan fingerprint density at radius 3 is 2.03 bits per heavy atom. The third-order valence-corrected chi connectivity index (χ3v) is 6.12. The predicted molar refractivity (Wildman–Crippen MR) is 138 cm³/mol. The van der Waals surface area contributed by atoms with Crippen LogP contribution in [0.2, 0.25) is 0 Å². The van der Waals surface area contributed by atoms with Gasteiger partial charge in [0.15, 0.2) is 0 Å². The van der Waals surface area contributed by atoms with Crippen LogP contribution in [0.25, 0.3) is 0 Å². The largest absolute Gasteiger partial charge is 0.508 e. The molecule has 1 aromatic rings. The fourth-order valence-corrected chi connectivity index (χ4v) is 3.67. The number of hydrogen-bond donors (Lipinski definition) is 8. The van der Waals surface area contributed by atoms with E-state index >= 15 is 0 Å². The monoisotopic (exact) mass is 543 g/mol. The lowest BCUT2D eigenvalue weighted by molar-refractivity contribution is -0.142. The maximum atomic E-state index is 13.1. The van der Waals surface area contributed by atoms with Crippen molar-refractivity contribution in [3.63, 3.8) is 0 Å². The molecule has 0 aromatic heterocycles. The highest BCUT2D eigenvalue weighted by molar-refractivity contribution is 7.98. The zero-order chi connectivity index (χ0) is 27.3. The number of nitrogens with two attached hydrogens (primary N) is 2. The highest BCUT2D eigenvalue weighted by Crippen LogP contribution is 2.12. The van der Waals surface area contributed by atoms with Crippen molar-refractivity contribution in [3.8, 4) is 5.75 Å². The number of benzene rings is 1. The highest BCUT2D eigenvalue weighted by Gasteiger charge is 2.30. The SMILES string of the molecule is CSCCC(NC(=O)C(Cc1ccc(O)cc1)NC(=O)C(CCC(N)=O)NC(=O)C(N)CS)C(=O)O. The average molecular weight is 544 g/mol. The van der Waals surface area contributed by atoms with E-state index < -0.39 is 53.8 Å². The van der Waals surface area contributed by atoms with Gasteiger partial charge in [0.25, 0.3) is 0 Å². The summed E-state index contributed by atoms with van der Waals surface area (Å²) in [6, 6.07) is 1.23. The standard InChI is InChI=1S/C22H33N5O7S2/c1-36-9-8-16(22(33)34)26-21(32)17(10-12-2-4-13(28)5-3-12)27-20(31)15(6-7-18(24)29)25-19(30)14(23)11-35/h2-5,14-17,28,35H,6-11,23H2,1H3,(H2,24,29)(H,25,30)(H,26,32)(H,27,31)(H,33,34). The second-order valence-corrected chi connectivity index (χ2v) is 9.32. The van der Waals surface area contributed by atoms with E-state index in [1.165, 1.54) is 23.9 Å². The Morgan fingerprint density at radius 2 is 1.50 bits per heavy atom. The van der Waals surface area contributed by atoms with E-state index in [-0.39, 0.29) is 37.2 Å². The summed E-state index contributed by atoms with van der Waals surface area (Å²) in [5, 5.41) is 26.4. The molecule has 4 amide bonds. The molecule has 0 radical (unpaired) electrons. The highest BCUT2D eigenvalue weighted by atomic mass is 32.2. The molecule has 14 heteroatoms.